The summed E-state index contributed by atoms with van der Waals surface area (Å²) in [6.07, 6.45) is 0.175. The van der Waals surface area contributed by atoms with Gasteiger partial charge in [-0.15, -0.1) is 0 Å². The minimum Gasteiger partial charge on any atom is -0.497 e. The molecule has 4 rings (SSSR count). The summed E-state index contributed by atoms with van der Waals surface area (Å²) in [7, 11) is -3.07. The van der Waals surface area contributed by atoms with Gasteiger partial charge in [-0.1, -0.05) is 64.5 Å². The van der Waals surface area contributed by atoms with Crippen LogP contribution in [0.25, 0.3) is 0 Å². The highest BCUT2D eigenvalue weighted by molar-refractivity contribution is 9.10. The lowest BCUT2D eigenvalue weighted by Crippen LogP contribution is -2.53. The average Bonchev–Trinajstić information content (AvgIpc) is 3.06. The lowest BCUT2D eigenvalue weighted by atomic mass is 10.0. The number of benzene rings is 4. The second-order valence-corrected chi connectivity index (χ2v) is 13.4. The Kier molecular flexibility index (Phi) is 11.7. The molecule has 0 aromatic heterocycles. The largest absolute Gasteiger partial charge is 0.497 e. The Bertz CT molecular complexity index is 1820. The average molecular weight is 724 g/mol. The number of ether oxygens (including phenoxy) is 1. The molecule has 1 atom stereocenters. The smallest absolute Gasteiger partial charge is 0.273 e. The van der Waals surface area contributed by atoms with Crippen LogP contribution in [0.3, 0.4) is 0 Å². The van der Waals surface area contributed by atoms with Crippen molar-refractivity contribution in [3.8, 4) is 5.75 Å². The molecule has 0 unspecified atom stereocenters. The van der Waals surface area contributed by atoms with Crippen LogP contribution in [0, 0.1) is 17.0 Å². The van der Waals surface area contributed by atoms with E-state index in [-0.39, 0.29) is 34.8 Å². The number of methoxy groups -OCH3 is 1. The molecule has 47 heavy (non-hydrogen) atoms. The predicted molar refractivity (Wildman–Crippen MR) is 183 cm³/mol. The van der Waals surface area contributed by atoms with Crippen LogP contribution in [0.2, 0.25) is 0 Å². The first-order valence-corrected chi connectivity index (χ1v) is 16.9. The topological polar surface area (TPSA) is 139 Å². The van der Waals surface area contributed by atoms with Gasteiger partial charge in [-0.25, -0.2) is 8.42 Å². The summed E-state index contributed by atoms with van der Waals surface area (Å²) < 4.78 is 35.4. The number of nitrogens with one attached hydrogen (secondary N) is 1. The van der Waals surface area contributed by atoms with E-state index in [0.29, 0.717) is 12.3 Å². The summed E-state index contributed by atoms with van der Waals surface area (Å²) >= 11 is 3.42. The second-order valence-electron chi connectivity index (χ2n) is 10.7. The van der Waals surface area contributed by atoms with E-state index in [1.54, 1.807) is 19.1 Å². The number of halogens is 1. The fourth-order valence-electron chi connectivity index (χ4n) is 4.98. The van der Waals surface area contributed by atoms with Crippen molar-refractivity contribution in [2.24, 2.45) is 0 Å². The Labute approximate surface area is 282 Å². The van der Waals surface area contributed by atoms with Gasteiger partial charge in [-0.2, -0.15) is 0 Å². The lowest BCUT2D eigenvalue weighted by molar-refractivity contribution is -0.385. The Balaban J connectivity index is 1.83. The summed E-state index contributed by atoms with van der Waals surface area (Å²) in [4.78, 5) is 40.1. The number of nitrogens with zero attached hydrogens (tertiary/aromatic N) is 3. The molecule has 0 aliphatic rings. The molecule has 1 N–H and O–H groups in total. The molecule has 0 fully saturated rings. The van der Waals surface area contributed by atoms with E-state index in [0.717, 1.165) is 26.0 Å². The zero-order valence-electron chi connectivity index (χ0n) is 26.1. The van der Waals surface area contributed by atoms with E-state index in [2.05, 4.69) is 21.2 Å². The molecule has 4 aromatic rings. The maximum Gasteiger partial charge on any atom is 0.273 e. The van der Waals surface area contributed by atoms with Crippen LogP contribution in [0.4, 0.5) is 11.4 Å². The first kappa shape index (κ1) is 35.1. The normalized spacial score (nSPS) is 11.7. The number of sulfonamides is 1. The molecule has 0 saturated carbocycles. The molecule has 0 aliphatic heterocycles. The number of carbonyl (C=O) groups excluding carboxylic acids is 2. The molecular formula is C34H35BrN4O7S. The third-order valence-electron chi connectivity index (χ3n) is 7.49. The number of hydrogen-bond donors (Lipinski definition) is 1. The third-order valence-corrected chi connectivity index (χ3v) is 9.79. The summed E-state index contributed by atoms with van der Waals surface area (Å²) in [6, 6.07) is 25.2. The molecule has 0 bridgehead atoms. The molecule has 0 heterocycles. The SMILES string of the molecule is CCNC(=O)[C@@H](Cc1ccccc1)N(Cc1ccc(Br)cc1)C(=O)CN(c1ccc(OC)cc1)S(=O)(=O)c1ccc(C)c([N+](=O)[O-])c1. The van der Waals surface area contributed by atoms with Crippen molar-refractivity contribution < 1.29 is 27.7 Å². The van der Waals surface area contributed by atoms with Crippen LogP contribution in [0.1, 0.15) is 23.6 Å². The Morgan fingerprint density at radius 3 is 2.21 bits per heavy atom. The van der Waals surface area contributed by atoms with E-state index in [9.17, 15) is 28.1 Å². The number of carbonyl (C=O) groups is 2. The molecule has 0 saturated heterocycles. The van der Waals surface area contributed by atoms with Gasteiger partial charge in [-0.3, -0.25) is 24.0 Å². The number of nitro benzene ring substituents is 1. The summed E-state index contributed by atoms with van der Waals surface area (Å²) in [6.45, 7) is 2.92. The third kappa shape index (κ3) is 8.74. The number of nitro groups is 1. The van der Waals surface area contributed by atoms with Crippen molar-refractivity contribution in [1.82, 2.24) is 10.2 Å². The fourth-order valence-corrected chi connectivity index (χ4v) is 6.68. The summed E-state index contributed by atoms with van der Waals surface area (Å²) in [5.74, 6) is -0.588. The minimum atomic E-state index is -4.53. The molecule has 0 aliphatic carbocycles. The van der Waals surface area contributed by atoms with Gasteiger partial charge in [0.25, 0.3) is 15.7 Å². The van der Waals surface area contributed by atoms with Crippen LogP contribution in [0.15, 0.2) is 106 Å². The molecular weight excluding hydrogens is 688 g/mol. The van der Waals surface area contributed by atoms with Crippen molar-refractivity contribution in [2.45, 2.75) is 37.8 Å². The molecule has 0 spiro atoms. The highest BCUT2D eigenvalue weighted by Gasteiger charge is 2.35. The summed E-state index contributed by atoms with van der Waals surface area (Å²) in [5.41, 5.74) is 1.57. The Hall–Kier alpha value is -4.75. The number of hydrogen-bond acceptors (Lipinski definition) is 7. The second kappa shape index (κ2) is 15.7. The Morgan fingerprint density at radius 2 is 1.62 bits per heavy atom. The zero-order valence-corrected chi connectivity index (χ0v) is 28.5. The standard InChI is InChI=1S/C34H35BrN4O7S/c1-4-36-34(41)32(20-25-8-6-5-7-9-25)37(22-26-11-13-27(35)14-12-26)33(40)23-38(28-15-17-29(46-3)18-16-28)47(44,45)30-19-10-24(2)31(21-30)39(42)43/h5-19,21,32H,4,20,22-23H2,1-3H3,(H,36,41)/t32-/m1/s1. The monoisotopic (exact) mass is 722 g/mol. The fraction of sp³-hybridized carbons (Fsp3) is 0.235. The molecule has 4 aromatic carbocycles. The minimum absolute atomic E-state index is 0.00719. The Morgan fingerprint density at radius 1 is 0.957 bits per heavy atom. The van der Waals surface area contributed by atoms with Crippen LogP contribution >= 0.6 is 15.9 Å². The molecule has 11 nitrogen and oxygen atoms in total. The number of aryl methyl sites for hydroxylation is 1. The number of anilines is 1. The van der Waals surface area contributed by atoms with E-state index in [4.69, 9.17) is 4.74 Å². The first-order valence-electron chi connectivity index (χ1n) is 14.7. The van der Waals surface area contributed by atoms with Gasteiger partial charge in [-0.05, 0) is 67.4 Å². The van der Waals surface area contributed by atoms with E-state index in [1.807, 2.05) is 54.6 Å². The van der Waals surface area contributed by atoms with Crippen molar-refractivity contribution in [3.05, 3.63) is 128 Å². The van der Waals surface area contributed by atoms with Crippen molar-refractivity contribution in [2.75, 3.05) is 24.5 Å². The number of rotatable bonds is 14. The maximum absolute atomic E-state index is 14.5. The van der Waals surface area contributed by atoms with Gasteiger partial charge >= 0.3 is 0 Å². The van der Waals surface area contributed by atoms with Crippen LogP contribution < -0.4 is 14.4 Å². The molecule has 0 radical (unpaired) electrons. The van der Waals surface area contributed by atoms with Gasteiger partial charge in [0.15, 0.2) is 0 Å². The highest BCUT2D eigenvalue weighted by Crippen LogP contribution is 2.30. The molecule has 2 amide bonds. The maximum atomic E-state index is 14.5. The van der Waals surface area contributed by atoms with Crippen molar-refractivity contribution in [1.29, 1.82) is 0 Å². The van der Waals surface area contributed by atoms with Gasteiger partial charge in [0.1, 0.15) is 18.3 Å². The van der Waals surface area contributed by atoms with Crippen molar-refractivity contribution in [3.63, 3.8) is 0 Å². The van der Waals surface area contributed by atoms with E-state index in [1.165, 1.54) is 43.2 Å². The number of amides is 2. The highest BCUT2D eigenvalue weighted by atomic mass is 79.9. The molecule has 246 valence electrons. The lowest BCUT2D eigenvalue weighted by Gasteiger charge is -2.33. The van der Waals surface area contributed by atoms with Crippen LogP contribution in [-0.2, 0) is 32.6 Å². The molecule has 13 heteroatoms. The van der Waals surface area contributed by atoms with E-state index >= 15 is 0 Å². The van der Waals surface area contributed by atoms with Crippen LogP contribution in [0.5, 0.6) is 5.75 Å². The summed E-state index contributed by atoms with van der Waals surface area (Å²) in [5, 5.41) is 14.5. The van der Waals surface area contributed by atoms with Crippen molar-refractivity contribution >= 4 is 49.1 Å². The van der Waals surface area contributed by atoms with Gasteiger partial charge < -0.3 is 15.0 Å². The number of likely N-dealkylation sites (N-methyl/N-ethyl adjacent to an activating group) is 1. The van der Waals surface area contributed by atoms with Gasteiger partial charge in [0, 0.05) is 35.6 Å². The quantitative estimate of drug-likeness (QED) is 0.131. The first-order chi connectivity index (χ1) is 22.4. The van der Waals surface area contributed by atoms with Gasteiger partial charge in [0.05, 0.1) is 22.6 Å². The van der Waals surface area contributed by atoms with E-state index < -0.39 is 39.3 Å². The van der Waals surface area contributed by atoms with Gasteiger partial charge in [0.2, 0.25) is 11.8 Å². The van der Waals surface area contributed by atoms with Crippen LogP contribution in [-0.4, -0.2) is 56.3 Å². The zero-order chi connectivity index (χ0) is 34.1. The predicted octanol–water partition coefficient (Wildman–Crippen LogP) is 5.65.